The summed E-state index contributed by atoms with van der Waals surface area (Å²) in [5.74, 6) is 0. The van der Waals surface area contributed by atoms with E-state index in [1.807, 2.05) is 6.07 Å². The van der Waals surface area contributed by atoms with E-state index in [0.717, 1.165) is 10.2 Å². The molecule has 0 aliphatic rings. The van der Waals surface area contributed by atoms with E-state index in [9.17, 15) is 0 Å². The third-order valence-electron chi connectivity index (χ3n) is 2.14. The molecule has 1 aromatic heterocycles. The number of hydrogen-bond acceptors (Lipinski definition) is 3. The molecule has 17 heavy (non-hydrogen) atoms. The molecular weight excluding hydrogens is 302 g/mol. The quantitative estimate of drug-likeness (QED) is 0.908. The minimum absolute atomic E-state index is 0.540. The predicted molar refractivity (Wildman–Crippen MR) is 71.4 cm³/mol. The van der Waals surface area contributed by atoms with Gasteiger partial charge in [0.25, 0.3) is 0 Å². The number of anilines is 2. The maximum Gasteiger partial charge on any atom is 0.101 e. The molecule has 1 heterocycles. The standard InChI is InChI=1S/C12H7BrClN3/c13-10-7-16-4-3-11(10)17-12-5-9(14)2-1-8(12)6-15/h1-5,7H,(H,16,17). The molecule has 0 fully saturated rings. The SMILES string of the molecule is N#Cc1ccc(Cl)cc1Nc1ccncc1Br. The fourth-order valence-corrected chi connectivity index (χ4v) is 1.86. The minimum atomic E-state index is 0.540. The number of nitriles is 1. The first-order valence-corrected chi connectivity index (χ1v) is 5.94. The van der Waals surface area contributed by atoms with E-state index < -0.39 is 0 Å². The van der Waals surface area contributed by atoms with E-state index in [-0.39, 0.29) is 0 Å². The molecule has 0 atom stereocenters. The van der Waals surface area contributed by atoms with Crippen LogP contribution in [0.2, 0.25) is 5.02 Å². The van der Waals surface area contributed by atoms with Crippen LogP contribution in [0.4, 0.5) is 11.4 Å². The molecule has 84 valence electrons. The van der Waals surface area contributed by atoms with Gasteiger partial charge in [-0.25, -0.2) is 0 Å². The van der Waals surface area contributed by atoms with Crippen LogP contribution in [0.15, 0.2) is 41.1 Å². The monoisotopic (exact) mass is 307 g/mol. The third-order valence-corrected chi connectivity index (χ3v) is 3.01. The summed E-state index contributed by atoms with van der Waals surface area (Å²) in [5, 5.41) is 12.7. The Morgan fingerprint density at radius 2 is 2.12 bits per heavy atom. The lowest BCUT2D eigenvalue weighted by Gasteiger charge is -2.09. The maximum atomic E-state index is 9.00. The molecule has 0 unspecified atom stereocenters. The Bertz CT molecular complexity index is 593. The van der Waals surface area contributed by atoms with E-state index in [0.29, 0.717) is 16.3 Å². The van der Waals surface area contributed by atoms with Gasteiger partial charge >= 0.3 is 0 Å². The number of aromatic nitrogens is 1. The lowest BCUT2D eigenvalue weighted by atomic mass is 10.2. The van der Waals surface area contributed by atoms with Crippen molar-refractivity contribution in [2.24, 2.45) is 0 Å². The molecule has 0 spiro atoms. The molecule has 0 bridgehead atoms. The number of rotatable bonds is 2. The second kappa shape index (κ2) is 5.17. The summed E-state index contributed by atoms with van der Waals surface area (Å²) in [5.41, 5.74) is 2.05. The zero-order chi connectivity index (χ0) is 12.3. The van der Waals surface area contributed by atoms with Crippen molar-refractivity contribution < 1.29 is 0 Å². The summed E-state index contributed by atoms with van der Waals surface area (Å²) in [6, 6.07) is 9.01. The first-order chi connectivity index (χ1) is 8.20. The molecule has 0 aliphatic heterocycles. The van der Waals surface area contributed by atoms with Crippen molar-refractivity contribution in [1.29, 1.82) is 5.26 Å². The van der Waals surface area contributed by atoms with Crippen molar-refractivity contribution in [2.75, 3.05) is 5.32 Å². The van der Waals surface area contributed by atoms with E-state index in [1.165, 1.54) is 0 Å². The van der Waals surface area contributed by atoms with Gasteiger partial charge in [0.1, 0.15) is 6.07 Å². The number of nitrogens with zero attached hydrogens (tertiary/aromatic N) is 2. The van der Waals surface area contributed by atoms with Crippen molar-refractivity contribution >= 4 is 38.9 Å². The molecule has 2 aromatic rings. The summed E-state index contributed by atoms with van der Waals surface area (Å²) in [6.07, 6.45) is 3.35. The van der Waals surface area contributed by atoms with E-state index in [1.54, 1.807) is 30.6 Å². The molecule has 1 aromatic carbocycles. The average molecular weight is 309 g/mol. The van der Waals surface area contributed by atoms with Crippen LogP contribution in [0, 0.1) is 11.3 Å². The van der Waals surface area contributed by atoms with Crippen LogP contribution >= 0.6 is 27.5 Å². The van der Waals surface area contributed by atoms with Crippen LogP contribution < -0.4 is 5.32 Å². The van der Waals surface area contributed by atoms with Crippen LogP contribution in [-0.4, -0.2) is 4.98 Å². The van der Waals surface area contributed by atoms with Gasteiger partial charge < -0.3 is 5.32 Å². The molecule has 0 aliphatic carbocycles. The van der Waals surface area contributed by atoms with Crippen molar-refractivity contribution in [3.8, 4) is 6.07 Å². The summed E-state index contributed by atoms with van der Waals surface area (Å²) >= 11 is 9.28. The zero-order valence-corrected chi connectivity index (χ0v) is 11.0. The molecule has 3 nitrogen and oxygen atoms in total. The normalized spacial score (nSPS) is 9.71. The molecule has 1 N–H and O–H groups in total. The summed E-state index contributed by atoms with van der Waals surface area (Å²) < 4.78 is 0.823. The number of halogens is 2. The average Bonchev–Trinajstić information content (AvgIpc) is 2.32. The van der Waals surface area contributed by atoms with Gasteiger partial charge in [0.05, 0.1) is 21.4 Å². The van der Waals surface area contributed by atoms with Crippen molar-refractivity contribution in [3.05, 3.63) is 51.7 Å². The number of benzene rings is 1. The molecule has 0 amide bonds. The van der Waals surface area contributed by atoms with Crippen molar-refractivity contribution in [1.82, 2.24) is 4.98 Å². The van der Waals surface area contributed by atoms with Crippen molar-refractivity contribution in [3.63, 3.8) is 0 Å². The van der Waals surface area contributed by atoms with Crippen LogP contribution in [0.5, 0.6) is 0 Å². The van der Waals surface area contributed by atoms with Gasteiger partial charge in [0, 0.05) is 17.4 Å². The Kier molecular flexibility index (Phi) is 3.62. The number of nitrogens with one attached hydrogen (secondary N) is 1. The molecular formula is C12H7BrClN3. The summed E-state index contributed by atoms with van der Waals surface area (Å²) in [6.45, 7) is 0. The highest BCUT2D eigenvalue weighted by atomic mass is 79.9. The van der Waals surface area contributed by atoms with Gasteiger partial charge in [-0.1, -0.05) is 11.6 Å². The second-order valence-corrected chi connectivity index (χ2v) is 4.57. The topological polar surface area (TPSA) is 48.7 Å². The van der Waals surface area contributed by atoms with Gasteiger partial charge in [-0.05, 0) is 40.2 Å². The minimum Gasteiger partial charge on any atom is -0.353 e. The highest BCUT2D eigenvalue weighted by Gasteiger charge is 2.05. The van der Waals surface area contributed by atoms with E-state index in [4.69, 9.17) is 16.9 Å². The zero-order valence-electron chi connectivity index (χ0n) is 8.61. The number of hydrogen-bond donors (Lipinski definition) is 1. The van der Waals surface area contributed by atoms with Crippen LogP contribution in [-0.2, 0) is 0 Å². The predicted octanol–water partition coefficient (Wildman–Crippen LogP) is 4.11. The van der Waals surface area contributed by atoms with Crippen LogP contribution in [0.25, 0.3) is 0 Å². The second-order valence-electron chi connectivity index (χ2n) is 3.28. The lowest BCUT2D eigenvalue weighted by Crippen LogP contribution is -1.94. The highest BCUT2D eigenvalue weighted by Crippen LogP contribution is 2.28. The fourth-order valence-electron chi connectivity index (χ4n) is 1.34. The molecule has 0 saturated carbocycles. The maximum absolute atomic E-state index is 9.00. The van der Waals surface area contributed by atoms with Crippen LogP contribution in [0.1, 0.15) is 5.56 Å². The van der Waals surface area contributed by atoms with Gasteiger partial charge in [-0.15, -0.1) is 0 Å². The smallest absolute Gasteiger partial charge is 0.101 e. The first-order valence-electron chi connectivity index (χ1n) is 4.77. The summed E-state index contributed by atoms with van der Waals surface area (Å²) in [7, 11) is 0. The third kappa shape index (κ3) is 2.76. The van der Waals surface area contributed by atoms with Crippen molar-refractivity contribution in [2.45, 2.75) is 0 Å². The Balaban J connectivity index is 2.40. The van der Waals surface area contributed by atoms with E-state index >= 15 is 0 Å². The Labute approximate surface area is 112 Å². The molecule has 0 radical (unpaired) electrons. The van der Waals surface area contributed by atoms with Gasteiger partial charge in [0.2, 0.25) is 0 Å². The Morgan fingerprint density at radius 1 is 1.29 bits per heavy atom. The molecule has 2 rings (SSSR count). The highest BCUT2D eigenvalue weighted by molar-refractivity contribution is 9.10. The van der Waals surface area contributed by atoms with Gasteiger partial charge in [0.15, 0.2) is 0 Å². The Morgan fingerprint density at radius 3 is 2.82 bits per heavy atom. The fraction of sp³-hybridized carbons (Fsp3) is 0. The molecule has 5 heteroatoms. The van der Waals surface area contributed by atoms with Crippen LogP contribution in [0.3, 0.4) is 0 Å². The Hall–Kier alpha value is -1.57. The van der Waals surface area contributed by atoms with Gasteiger partial charge in [-0.3, -0.25) is 4.98 Å². The van der Waals surface area contributed by atoms with E-state index in [2.05, 4.69) is 32.3 Å². The number of pyridine rings is 1. The summed E-state index contributed by atoms with van der Waals surface area (Å²) in [4.78, 5) is 3.97. The molecule has 0 saturated heterocycles. The first kappa shape index (κ1) is 11.9. The largest absolute Gasteiger partial charge is 0.353 e. The lowest BCUT2D eigenvalue weighted by molar-refractivity contribution is 1.30. The van der Waals surface area contributed by atoms with Gasteiger partial charge in [-0.2, -0.15) is 5.26 Å².